The Balaban J connectivity index is 2.36. The number of benzene rings is 1. The third-order valence-electron chi connectivity index (χ3n) is 2.89. The topological polar surface area (TPSA) is 15.3 Å². The van der Waals surface area contributed by atoms with Crippen molar-refractivity contribution < 1.29 is 4.39 Å². The molecule has 1 aromatic rings. The van der Waals surface area contributed by atoms with Gasteiger partial charge in [0.2, 0.25) is 0 Å². The molecule has 0 aromatic heterocycles. The fourth-order valence-corrected chi connectivity index (χ4v) is 1.94. The number of likely N-dealkylation sites (N-methyl/N-ethyl adjacent to an activating group) is 1. The first kappa shape index (κ1) is 9.31. The van der Waals surface area contributed by atoms with Crippen LogP contribution in [0.15, 0.2) is 18.2 Å². The number of rotatable bonds is 1. The van der Waals surface area contributed by atoms with Crippen LogP contribution in [0.4, 0.5) is 15.8 Å². The Hall–Kier alpha value is -1.25. The summed E-state index contributed by atoms with van der Waals surface area (Å²) in [6.45, 7) is 3.06. The Kier molecular flexibility index (Phi) is 2.32. The number of halogens is 1. The van der Waals surface area contributed by atoms with Gasteiger partial charge < -0.3 is 10.2 Å². The van der Waals surface area contributed by atoms with Crippen molar-refractivity contribution in [1.82, 2.24) is 0 Å². The van der Waals surface area contributed by atoms with Crippen LogP contribution in [0.2, 0.25) is 0 Å². The lowest BCUT2D eigenvalue weighted by Crippen LogP contribution is -2.40. The van der Waals surface area contributed by atoms with E-state index >= 15 is 0 Å². The molecule has 2 nitrogen and oxygen atoms in total. The van der Waals surface area contributed by atoms with E-state index in [0.29, 0.717) is 6.04 Å². The van der Waals surface area contributed by atoms with Gasteiger partial charge in [-0.15, -0.1) is 0 Å². The molecule has 1 unspecified atom stereocenters. The summed E-state index contributed by atoms with van der Waals surface area (Å²) in [5, 5.41) is 3.25. The Morgan fingerprint density at radius 1 is 1.57 bits per heavy atom. The van der Waals surface area contributed by atoms with Crippen LogP contribution < -0.4 is 10.2 Å². The van der Waals surface area contributed by atoms with Gasteiger partial charge in [0.05, 0.1) is 11.4 Å². The van der Waals surface area contributed by atoms with Gasteiger partial charge in [0.15, 0.2) is 0 Å². The summed E-state index contributed by atoms with van der Waals surface area (Å²) in [5.74, 6) is -0.181. The average molecular weight is 194 g/mol. The second kappa shape index (κ2) is 3.48. The van der Waals surface area contributed by atoms with E-state index in [1.54, 1.807) is 6.07 Å². The molecule has 1 aromatic carbocycles. The van der Waals surface area contributed by atoms with Crippen molar-refractivity contribution in [3.8, 4) is 0 Å². The van der Waals surface area contributed by atoms with Crippen molar-refractivity contribution in [1.29, 1.82) is 0 Å². The summed E-state index contributed by atoms with van der Waals surface area (Å²) in [7, 11) is 2.06. The first-order chi connectivity index (χ1) is 6.72. The smallest absolute Gasteiger partial charge is 0.125 e. The van der Waals surface area contributed by atoms with Gasteiger partial charge in [0.1, 0.15) is 5.82 Å². The van der Waals surface area contributed by atoms with Gasteiger partial charge in [-0.3, -0.25) is 0 Å². The minimum atomic E-state index is -0.181. The maximum atomic E-state index is 12.9. The van der Waals surface area contributed by atoms with Gasteiger partial charge in [0.25, 0.3) is 0 Å². The maximum Gasteiger partial charge on any atom is 0.125 e. The van der Waals surface area contributed by atoms with E-state index in [1.807, 2.05) is 6.07 Å². The summed E-state index contributed by atoms with van der Waals surface area (Å²) in [6, 6.07) is 5.40. The van der Waals surface area contributed by atoms with E-state index in [4.69, 9.17) is 0 Å². The minimum Gasteiger partial charge on any atom is -0.381 e. The number of anilines is 2. The van der Waals surface area contributed by atoms with Gasteiger partial charge in [0, 0.05) is 19.6 Å². The Bertz CT molecular complexity index is 338. The van der Waals surface area contributed by atoms with Gasteiger partial charge in [-0.2, -0.15) is 0 Å². The molecule has 0 saturated carbocycles. The summed E-state index contributed by atoms with van der Waals surface area (Å²) >= 11 is 0. The fraction of sp³-hybridized carbons (Fsp3) is 0.455. The van der Waals surface area contributed by atoms with Crippen LogP contribution in [-0.2, 0) is 0 Å². The van der Waals surface area contributed by atoms with Crippen LogP contribution in [0.25, 0.3) is 0 Å². The standard InChI is InChI=1S/C11H15FN2/c1-3-9-7-13-10-6-8(12)4-5-11(10)14(9)2/h4-6,9,13H,3,7H2,1-2H3. The zero-order chi connectivity index (χ0) is 10.1. The molecule has 0 aliphatic carbocycles. The zero-order valence-corrected chi connectivity index (χ0v) is 8.55. The Labute approximate surface area is 83.7 Å². The van der Waals surface area contributed by atoms with Gasteiger partial charge in [-0.05, 0) is 24.6 Å². The maximum absolute atomic E-state index is 12.9. The van der Waals surface area contributed by atoms with Crippen molar-refractivity contribution in [3.63, 3.8) is 0 Å². The first-order valence-corrected chi connectivity index (χ1v) is 4.98. The van der Waals surface area contributed by atoms with Crippen LogP contribution in [0.1, 0.15) is 13.3 Å². The van der Waals surface area contributed by atoms with E-state index in [0.717, 1.165) is 24.3 Å². The van der Waals surface area contributed by atoms with E-state index < -0.39 is 0 Å². The second-order valence-electron chi connectivity index (χ2n) is 3.72. The average Bonchev–Trinajstić information content (AvgIpc) is 2.18. The molecule has 1 aliphatic heterocycles. The van der Waals surface area contributed by atoms with E-state index in [1.165, 1.54) is 6.07 Å². The highest BCUT2D eigenvalue weighted by Crippen LogP contribution is 2.31. The lowest BCUT2D eigenvalue weighted by atomic mass is 10.1. The predicted octanol–water partition coefficient (Wildman–Crippen LogP) is 2.47. The molecule has 0 amide bonds. The predicted molar refractivity (Wildman–Crippen MR) is 57.4 cm³/mol. The summed E-state index contributed by atoms with van der Waals surface area (Å²) in [5.41, 5.74) is 1.99. The molecular formula is C11H15FN2. The largest absolute Gasteiger partial charge is 0.381 e. The fourth-order valence-electron chi connectivity index (χ4n) is 1.94. The van der Waals surface area contributed by atoms with Crippen molar-refractivity contribution in [2.45, 2.75) is 19.4 Å². The van der Waals surface area contributed by atoms with Crippen molar-refractivity contribution in [2.75, 3.05) is 23.8 Å². The SMILES string of the molecule is CCC1CNc2cc(F)ccc2N1C. The summed E-state index contributed by atoms with van der Waals surface area (Å²) in [4.78, 5) is 2.21. The molecule has 14 heavy (non-hydrogen) atoms. The molecule has 0 bridgehead atoms. The van der Waals surface area contributed by atoms with Crippen LogP contribution in [0, 0.1) is 5.82 Å². The van der Waals surface area contributed by atoms with Gasteiger partial charge in [-0.1, -0.05) is 6.92 Å². The molecule has 2 rings (SSSR count). The molecule has 1 aliphatic rings. The van der Waals surface area contributed by atoms with Crippen LogP contribution in [-0.4, -0.2) is 19.6 Å². The lowest BCUT2D eigenvalue weighted by Gasteiger charge is -2.36. The molecule has 1 heterocycles. The molecule has 0 fully saturated rings. The van der Waals surface area contributed by atoms with Crippen molar-refractivity contribution >= 4 is 11.4 Å². The highest BCUT2D eigenvalue weighted by Gasteiger charge is 2.21. The van der Waals surface area contributed by atoms with Crippen molar-refractivity contribution in [3.05, 3.63) is 24.0 Å². The Morgan fingerprint density at radius 2 is 2.36 bits per heavy atom. The number of nitrogens with one attached hydrogen (secondary N) is 1. The lowest BCUT2D eigenvalue weighted by molar-refractivity contribution is 0.610. The molecule has 1 atom stereocenters. The molecule has 0 saturated heterocycles. The summed E-state index contributed by atoms with van der Waals surface area (Å²) < 4.78 is 12.9. The molecule has 76 valence electrons. The van der Waals surface area contributed by atoms with E-state index in [2.05, 4.69) is 24.2 Å². The second-order valence-corrected chi connectivity index (χ2v) is 3.72. The number of nitrogens with zero attached hydrogens (tertiary/aromatic N) is 1. The number of hydrogen-bond acceptors (Lipinski definition) is 2. The van der Waals surface area contributed by atoms with Crippen molar-refractivity contribution in [2.24, 2.45) is 0 Å². The monoisotopic (exact) mass is 194 g/mol. The third kappa shape index (κ3) is 1.43. The first-order valence-electron chi connectivity index (χ1n) is 4.98. The van der Waals surface area contributed by atoms with Gasteiger partial charge in [-0.25, -0.2) is 4.39 Å². The molecular weight excluding hydrogens is 179 g/mol. The van der Waals surface area contributed by atoms with Crippen LogP contribution >= 0.6 is 0 Å². The van der Waals surface area contributed by atoms with E-state index in [9.17, 15) is 4.39 Å². The van der Waals surface area contributed by atoms with E-state index in [-0.39, 0.29) is 5.82 Å². The number of hydrogen-bond donors (Lipinski definition) is 1. The van der Waals surface area contributed by atoms with Crippen LogP contribution in [0.3, 0.4) is 0 Å². The molecule has 0 radical (unpaired) electrons. The molecule has 1 N–H and O–H groups in total. The van der Waals surface area contributed by atoms with Crippen LogP contribution in [0.5, 0.6) is 0 Å². The normalized spacial score (nSPS) is 20.2. The number of fused-ring (bicyclic) bond motifs is 1. The molecule has 0 spiro atoms. The third-order valence-corrected chi connectivity index (χ3v) is 2.89. The van der Waals surface area contributed by atoms with Gasteiger partial charge >= 0.3 is 0 Å². The highest BCUT2D eigenvalue weighted by molar-refractivity contribution is 5.72. The highest BCUT2D eigenvalue weighted by atomic mass is 19.1. The zero-order valence-electron chi connectivity index (χ0n) is 8.55. The summed E-state index contributed by atoms with van der Waals surface area (Å²) in [6.07, 6.45) is 1.10. The molecule has 3 heteroatoms. The minimum absolute atomic E-state index is 0.181. The quantitative estimate of drug-likeness (QED) is 0.738. The Morgan fingerprint density at radius 3 is 3.07 bits per heavy atom.